The number of nitrogens with one attached hydrogen (secondary N) is 2. The molecule has 6 nitrogen and oxygen atoms in total. The molecule has 29 heavy (non-hydrogen) atoms. The average molecular weight is 537 g/mol. The molecule has 0 radical (unpaired) electrons. The van der Waals surface area contributed by atoms with Crippen LogP contribution in [0.5, 0.6) is 0 Å². The maximum Gasteiger partial charge on any atom is 0.243 e. The van der Waals surface area contributed by atoms with Gasteiger partial charge in [-0.2, -0.15) is 0 Å². The predicted molar refractivity (Wildman–Crippen MR) is 132 cm³/mol. The lowest BCUT2D eigenvalue weighted by molar-refractivity contribution is -0.127. The van der Waals surface area contributed by atoms with Gasteiger partial charge in [-0.1, -0.05) is 32.8 Å². The Kier molecular flexibility index (Phi) is 12.8. The number of thiophene rings is 1. The average Bonchev–Trinajstić information content (AvgIpc) is 3.20. The molecule has 1 fully saturated rings. The summed E-state index contributed by atoms with van der Waals surface area (Å²) in [6.07, 6.45) is 5.49. The molecule has 166 valence electrons. The van der Waals surface area contributed by atoms with Crippen LogP contribution >= 0.6 is 35.3 Å². The summed E-state index contributed by atoms with van der Waals surface area (Å²) in [5.41, 5.74) is 0. The molecule has 0 aliphatic carbocycles. The van der Waals surface area contributed by atoms with Crippen molar-refractivity contribution in [1.29, 1.82) is 0 Å². The van der Waals surface area contributed by atoms with Crippen molar-refractivity contribution in [3.05, 3.63) is 22.4 Å². The summed E-state index contributed by atoms with van der Waals surface area (Å²) in [6, 6.07) is 4.54. The molecular weight excluding hydrogens is 499 g/mol. The van der Waals surface area contributed by atoms with E-state index in [9.17, 15) is 4.79 Å². The molecule has 2 N–H and O–H groups in total. The third-order valence-electron chi connectivity index (χ3n) is 5.35. The van der Waals surface area contributed by atoms with Crippen molar-refractivity contribution < 1.29 is 9.53 Å². The lowest BCUT2D eigenvalue weighted by atomic mass is 9.89. The minimum atomic E-state index is 0. The molecule has 0 aromatic carbocycles. The van der Waals surface area contributed by atoms with E-state index in [2.05, 4.69) is 47.0 Å². The molecule has 1 aliphatic heterocycles. The Morgan fingerprint density at radius 2 is 2.14 bits per heavy atom. The smallest absolute Gasteiger partial charge is 0.243 e. The molecule has 0 spiro atoms. The summed E-state index contributed by atoms with van der Waals surface area (Å²) < 4.78 is 6.03. The van der Waals surface area contributed by atoms with Crippen LogP contribution in [0.1, 0.15) is 44.4 Å². The lowest BCUT2D eigenvalue weighted by Gasteiger charge is -2.35. The van der Waals surface area contributed by atoms with Crippen molar-refractivity contribution in [3.63, 3.8) is 0 Å². The van der Waals surface area contributed by atoms with Gasteiger partial charge in [0.1, 0.15) is 6.54 Å². The van der Waals surface area contributed by atoms with Gasteiger partial charge in [-0.25, -0.2) is 4.99 Å². The molecule has 2 atom stereocenters. The third kappa shape index (κ3) is 9.21. The molecule has 2 unspecified atom stereocenters. The number of guanidine groups is 1. The highest BCUT2D eigenvalue weighted by molar-refractivity contribution is 14.0. The molecule has 1 saturated heterocycles. The van der Waals surface area contributed by atoms with Gasteiger partial charge >= 0.3 is 0 Å². The minimum absolute atomic E-state index is 0. The zero-order valence-corrected chi connectivity index (χ0v) is 21.3. The van der Waals surface area contributed by atoms with Crippen LogP contribution in [0.4, 0.5) is 0 Å². The van der Waals surface area contributed by atoms with Crippen molar-refractivity contribution in [1.82, 2.24) is 15.5 Å². The number of carbonyl (C=O) groups excluding carboxylic acids is 1. The van der Waals surface area contributed by atoms with E-state index in [1.807, 2.05) is 0 Å². The molecular formula is C21H37IN4O2S. The number of ether oxygens (including phenoxy) is 1. The Labute approximate surface area is 196 Å². The van der Waals surface area contributed by atoms with Gasteiger partial charge in [-0.15, -0.1) is 35.3 Å². The van der Waals surface area contributed by atoms with Gasteiger partial charge in [-0.3, -0.25) is 4.79 Å². The van der Waals surface area contributed by atoms with Crippen molar-refractivity contribution in [2.45, 2.75) is 58.1 Å². The van der Waals surface area contributed by atoms with E-state index in [-0.39, 0.29) is 36.4 Å². The Morgan fingerprint density at radius 1 is 1.38 bits per heavy atom. The highest BCUT2D eigenvalue weighted by atomic mass is 127. The second-order valence-corrected chi connectivity index (χ2v) is 8.59. The first kappa shape index (κ1) is 26.2. The number of nitrogens with zero attached hydrogens (tertiary/aromatic N) is 2. The molecule has 0 saturated carbocycles. The number of hydrogen-bond donors (Lipinski definition) is 2. The number of halogens is 1. The van der Waals surface area contributed by atoms with E-state index >= 15 is 0 Å². The number of hydrogen-bond acceptors (Lipinski definition) is 4. The maximum absolute atomic E-state index is 12.0. The van der Waals surface area contributed by atoms with E-state index < -0.39 is 0 Å². The Morgan fingerprint density at radius 3 is 2.76 bits per heavy atom. The Bertz CT molecular complexity index is 606. The Hall–Kier alpha value is -0.870. The van der Waals surface area contributed by atoms with Gasteiger partial charge in [0, 0.05) is 38.2 Å². The van der Waals surface area contributed by atoms with E-state index in [0.29, 0.717) is 18.1 Å². The Balaban J connectivity index is 0.00000420. The quantitative estimate of drug-likeness (QED) is 0.288. The molecule has 0 bridgehead atoms. The first-order chi connectivity index (χ1) is 13.5. The number of amides is 1. The summed E-state index contributed by atoms with van der Waals surface area (Å²) in [4.78, 5) is 19.4. The van der Waals surface area contributed by atoms with E-state index in [4.69, 9.17) is 4.74 Å². The normalized spacial score (nSPS) is 19.6. The van der Waals surface area contributed by atoms with E-state index in [1.54, 1.807) is 30.3 Å². The van der Waals surface area contributed by atoms with Crippen LogP contribution in [-0.4, -0.2) is 62.7 Å². The van der Waals surface area contributed by atoms with Crippen LogP contribution in [0.15, 0.2) is 22.5 Å². The SMILES string of the molecule is CCC(CC)C1CC(NC(=NCC(=O)N(C)C)NCCc2cccs2)CCO1.I. The van der Waals surface area contributed by atoms with Gasteiger partial charge in [-0.05, 0) is 36.6 Å². The summed E-state index contributed by atoms with van der Waals surface area (Å²) >= 11 is 1.76. The van der Waals surface area contributed by atoms with E-state index in [1.165, 1.54) is 4.88 Å². The fraction of sp³-hybridized carbons (Fsp3) is 0.714. The molecule has 1 aromatic heterocycles. The summed E-state index contributed by atoms with van der Waals surface area (Å²) in [7, 11) is 3.52. The van der Waals surface area contributed by atoms with Gasteiger partial charge in [0.2, 0.25) is 5.91 Å². The highest BCUT2D eigenvalue weighted by Crippen LogP contribution is 2.25. The van der Waals surface area contributed by atoms with Crippen LogP contribution < -0.4 is 10.6 Å². The number of likely N-dealkylation sites (N-methyl/N-ethyl adjacent to an activating group) is 1. The largest absolute Gasteiger partial charge is 0.378 e. The molecule has 2 heterocycles. The predicted octanol–water partition coefficient (Wildman–Crippen LogP) is 3.52. The van der Waals surface area contributed by atoms with Gasteiger partial charge in [0.25, 0.3) is 0 Å². The first-order valence-corrected chi connectivity index (χ1v) is 11.3. The monoisotopic (exact) mass is 536 g/mol. The lowest BCUT2D eigenvalue weighted by Crippen LogP contribution is -2.49. The number of carbonyl (C=O) groups is 1. The zero-order valence-electron chi connectivity index (χ0n) is 18.1. The van der Waals surface area contributed by atoms with Gasteiger partial charge in [0.15, 0.2) is 5.96 Å². The molecule has 2 rings (SSSR count). The van der Waals surface area contributed by atoms with Crippen LogP contribution in [0, 0.1) is 5.92 Å². The highest BCUT2D eigenvalue weighted by Gasteiger charge is 2.28. The van der Waals surface area contributed by atoms with Gasteiger partial charge < -0.3 is 20.3 Å². The topological polar surface area (TPSA) is 66.0 Å². The summed E-state index contributed by atoms with van der Waals surface area (Å²) in [5.74, 6) is 1.33. The number of aliphatic imine (C=N–C) groups is 1. The van der Waals surface area contributed by atoms with Crippen molar-refractivity contribution in [3.8, 4) is 0 Å². The maximum atomic E-state index is 12.0. The summed E-state index contributed by atoms with van der Waals surface area (Å²) in [5, 5.41) is 9.06. The standard InChI is InChI=1S/C21H36N4O2S.HI/c1-5-16(6-2)19-14-17(10-12-27-19)24-21(23-15-20(26)25(3)4)22-11-9-18-8-7-13-28-18;/h7-8,13,16-17,19H,5-6,9-12,14-15H2,1-4H3,(H2,22,23,24);1H. The fourth-order valence-electron chi connectivity index (χ4n) is 3.50. The summed E-state index contributed by atoms with van der Waals surface area (Å²) in [6.45, 7) is 6.20. The fourth-order valence-corrected chi connectivity index (χ4v) is 4.20. The van der Waals surface area contributed by atoms with E-state index in [0.717, 1.165) is 51.2 Å². The van der Waals surface area contributed by atoms with Crippen LogP contribution in [0.3, 0.4) is 0 Å². The molecule has 1 amide bonds. The van der Waals surface area contributed by atoms with Crippen LogP contribution in [0.25, 0.3) is 0 Å². The van der Waals surface area contributed by atoms with Crippen molar-refractivity contribution in [2.75, 3.05) is 33.8 Å². The van der Waals surface area contributed by atoms with Crippen molar-refractivity contribution in [2.24, 2.45) is 10.9 Å². The number of rotatable bonds is 9. The van der Waals surface area contributed by atoms with Crippen molar-refractivity contribution >= 4 is 47.2 Å². The first-order valence-electron chi connectivity index (χ1n) is 10.4. The zero-order chi connectivity index (χ0) is 20.4. The van der Waals surface area contributed by atoms with Crippen LogP contribution in [-0.2, 0) is 16.0 Å². The van der Waals surface area contributed by atoms with Gasteiger partial charge in [0.05, 0.1) is 6.10 Å². The second-order valence-electron chi connectivity index (χ2n) is 7.56. The minimum Gasteiger partial charge on any atom is -0.378 e. The molecule has 1 aliphatic rings. The van der Waals surface area contributed by atoms with Crippen LogP contribution in [0.2, 0.25) is 0 Å². The molecule has 8 heteroatoms. The second kappa shape index (κ2) is 14.2. The third-order valence-corrected chi connectivity index (χ3v) is 6.28. The molecule has 1 aromatic rings.